The molecule has 9 aromatic rings. The number of aromatic nitrogens is 3. The lowest BCUT2D eigenvalue weighted by molar-refractivity contribution is 0.353. The number of nitriles is 1. The molecule has 0 N–H and O–H groups in total. The van der Waals surface area contributed by atoms with Gasteiger partial charge in [0.1, 0.15) is 0 Å². The van der Waals surface area contributed by atoms with Gasteiger partial charge in [-0.1, -0.05) is 183 Å². The molecular formula is C58H42N4. The van der Waals surface area contributed by atoms with E-state index in [1.807, 2.05) is 42.5 Å². The summed E-state index contributed by atoms with van der Waals surface area (Å²) in [5.41, 5.74) is 18.1. The van der Waals surface area contributed by atoms with E-state index in [-0.39, 0.29) is 5.41 Å². The molecule has 0 aliphatic heterocycles. The molecule has 2 aliphatic carbocycles. The summed E-state index contributed by atoms with van der Waals surface area (Å²) in [6, 6.07) is 70.8. The van der Waals surface area contributed by atoms with Crippen molar-refractivity contribution in [1.82, 2.24) is 15.0 Å². The number of hydrogen-bond acceptors (Lipinski definition) is 4. The minimum atomic E-state index is 0.0213. The zero-order valence-electron chi connectivity index (χ0n) is 34.3. The van der Waals surface area contributed by atoms with Gasteiger partial charge in [-0.3, -0.25) is 0 Å². The van der Waals surface area contributed by atoms with Gasteiger partial charge in [-0.15, -0.1) is 0 Å². The minimum Gasteiger partial charge on any atom is -0.208 e. The van der Waals surface area contributed by atoms with Crippen molar-refractivity contribution in [2.24, 2.45) is 0 Å². The maximum atomic E-state index is 9.93. The Morgan fingerprint density at radius 2 is 0.823 bits per heavy atom. The molecule has 0 amide bonds. The number of fused-ring (bicyclic) bond motifs is 5. The first kappa shape index (κ1) is 37.3. The summed E-state index contributed by atoms with van der Waals surface area (Å²) in [7, 11) is 0. The average molecular weight is 795 g/mol. The average Bonchev–Trinajstić information content (AvgIpc) is 3.62. The molecule has 0 unspecified atom stereocenters. The number of rotatable bonds is 7. The molecule has 0 saturated heterocycles. The highest BCUT2D eigenvalue weighted by atomic mass is 15.0. The minimum absolute atomic E-state index is 0.0213. The normalized spacial score (nSPS) is 13.6. The third-order valence-corrected chi connectivity index (χ3v) is 13.0. The Bertz CT molecular complexity index is 3160. The standard InChI is InChI=1S/C58H42N4/c59-38-39-26-31-52-51(34-39)54-50(24-13-25-53(54)58(52)32-8-3-9-33-58)48-22-11-20-46(36-48)44-18-10-19-45(35-44)47-21-12-23-49(37-47)57-61-55(42-16-6-2-7-17-42)60-56(62-57)43-29-27-41(28-30-43)40-14-4-1-5-15-40/h1-2,4-7,10-31,34-37H,3,8-9,32-33H2. The van der Waals surface area contributed by atoms with Crippen LogP contribution in [0.1, 0.15) is 48.8 Å². The summed E-state index contributed by atoms with van der Waals surface area (Å²) < 4.78 is 0. The van der Waals surface area contributed by atoms with Crippen molar-refractivity contribution in [3.05, 3.63) is 211 Å². The first-order chi connectivity index (χ1) is 30.6. The second kappa shape index (κ2) is 15.7. The van der Waals surface area contributed by atoms with E-state index < -0.39 is 0 Å². The molecule has 11 rings (SSSR count). The van der Waals surface area contributed by atoms with Crippen LogP contribution in [0.3, 0.4) is 0 Å². The summed E-state index contributed by atoms with van der Waals surface area (Å²) in [6.45, 7) is 0. The SMILES string of the molecule is N#Cc1ccc2c(c1)-c1c(-c3cccc(-c4cccc(-c5cccc(-c6nc(-c7ccccc7)nc(-c7ccc(-c8ccccc8)cc7)n6)c5)c4)c3)cccc1C21CCCCC1. The molecule has 1 fully saturated rings. The Labute approximate surface area is 362 Å². The lowest BCUT2D eigenvalue weighted by Crippen LogP contribution is -2.28. The van der Waals surface area contributed by atoms with Crippen molar-refractivity contribution in [3.63, 3.8) is 0 Å². The van der Waals surface area contributed by atoms with E-state index in [1.54, 1.807) is 0 Å². The third-order valence-electron chi connectivity index (χ3n) is 13.0. The maximum Gasteiger partial charge on any atom is 0.164 e. The largest absolute Gasteiger partial charge is 0.208 e. The molecule has 1 spiro atoms. The summed E-state index contributed by atoms with van der Waals surface area (Å²) in [4.78, 5) is 15.1. The Balaban J connectivity index is 0.948. The second-order valence-electron chi connectivity index (χ2n) is 16.6. The first-order valence-corrected chi connectivity index (χ1v) is 21.6. The van der Waals surface area contributed by atoms with Crippen LogP contribution in [0.25, 0.3) is 89.8 Å². The third kappa shape index (κ3) is 6.69. The smallest absolute Gasteiger partial charge is 0.164 e. The Kier molecular flexibility index (Phi) is 9.44. The van der Waals surface area contributed by atoms with Gasteiger partial charge in [-0.2, -0.15) is 5.26 Å². The molecule has 0 radical (unpaired) electrons. The molecule has 1 aromatic heterocycles. The van der Waals surface area contributed by atoms with Crippen molar-refractivity contribution in [3.8, 4) is 95.9 Å². The van der Waals surface area contributed by atoms with Crippen LogP contribution in [0.5, 0.6) is 0 Å². The molecule has 1 heterocycles. The maximum absolute atomic E-state index is 9.93. The van der Waals surface area contributed by atoms with Crippen molar-refractivity contribution in [2.45, 2.75) is 37.5 Å². The highest BCUT2D eigenvalue weighted by molar-refractivity contribution is 5.94. The molecular weight excluding hydrogens is 753 g/mol. The van der Waals surface area contributed by atoms with Gasteiger partial charge in [0, 0.05) is 22.1 Å². The van der Waals surface area contributed by atoms with E-state index in [0.717, 1.165) is 57.3 Å². The van der Waals surface area contributed by atoms with E-state index >= 15 is 0 Å². The van der Waals surface area contributed by atoms with E-state index in [1.165, 1.54) is 58.2 Å². The molecule has 0 bridgehead atoms. The summed E-state index contributed by atoms with van der Waals surface area (Å²) in [5.74, 6) is 1.89. The monoisotopic (exact) mass is 794 g/mol. The quantitative estimate of drug-likeness (QED) is 0.161. The summed E-state index contributed by atoms with van der Waals surface area (Å²) in [5, 5.41) is 9.93. The molecule has 2 aliphatic rings. The fourth-order valence-electron chi connectivity index (χ4n) is 9.93. The molecule has 8 aromatic carbocycles. The topological polar surface area (TPSA) is 62.5 Å². The van der Waals surface area contributed by atoms with Crippen molar-refractivity contribution in [1.29, 1.82) is 5.26 Å². The fraction of sp³-hybridized carbons (Fsp3) is 0.103. The molecule has 4 nitrogen and oxygen atoms in total. The van der Waals surface area contributed by atoms with Crippen LogP contribution < -0.4 is 0 Å². The van der Waals surface area contributed by atoms with Crippen LogP contribution in [0.15, 0.2) is 194 Å². The number of nitrogens with zero attached hydrogens (tertiary/aromatic N) is 4. The molecule has 62 heavy (non-hydrogen) atoms. The first-order valence-electron chi connectivity index (χ1n) is 21.6. The molecule has 294 valence electrons. The zero-order chi connectivity index (χ0) is 41.5. The zero-order valence-corrected chi connectivity index (χ0v) is 34.3. The van der Waals surface area contributed by atoms with E-state index in [9.17, 15) is 5.26 Å². The van der Waals surface area contributed by atoms with E-state index in [0.29, 0.717) is 23.0 Å². The van der Waals surface area contributed by atoms with Gasteiger partial charge in [-0.05, 0) is 110 Å². The fourth-order valence-corrected chi connectivity index (χ4v) is 9.93. The van der Waals surface area contributed by atoms with Crippen LogP contribution in [-0.4, -0.2) is 15.0 Å². The lowest BCUT2D eigenvalue weighted by atomic mass is 9.67. The Morgan fingerprint density at radius 3 is 1.45 bits per heavy atom. The number of benzene rings is 8. The van der Waals surface area contributed by atoms with Crippen LogP contribution in [0.4, 0.5) is 0 Å². The molecule has 0 atom stereocenters. The van der Waals surface area contributed by atoms with Crippen molar-refractivity contribution in [2.75, 3.05) is 0 Å². The van der Waals surface area contributed by atoms with Crippen LogP contribution >= 0.6 is 0 Å². The second-order valence-corrected chi connectivity index (χ2v) is 16.6. The Morgan fingerprint density at radius 1 is 0.355 bits per heavy atom. The van der Waals surface area contributed by atoms with Gasteiger partial charge in [0.15, 0.2) is 17.5 Å². The highest BCUT2D eigenvalue weighted by Crippen LogP contribution is 2.58. The predicted octanol–water partition coefficient (Wildman–Crippen LogP) is 14.6. The summed E-state index contributed by atoms with van der Waals surface area (Å²) in [6.07, 6.45) is 6.05. The number of hydrogen-bond donors (Lipinski definition) is 0. The van der Waals surface area contributed by atoms with Gasteiger partial charge in [-0.25, -0.2) is 15.0 Å². The van der Waals surface area contributed by atoms with Crippen molar-refractivity contribution < 1.29 is 0 Å². The Hall–Kier alpha value is -7.74. The molecule has 4 heteroatoms. The van der Waals surface area contributed by atoms with Crippen LogP contribution in [0, 0.1) is 11.3 Å². The van der Waals surface area contributed by atoms with Gasteiger partial charge < -0.3 is 0 Å². The van der Waals surface area contributed by atoms with Gasteiger partial charge in [0.25, 0.3) is 0 Å². The van der Waals surface area contributed by atoms with Crippen LogP contribution in [-0.2, 0) is 5.41 Å². The van der Waals surface area contributed by atoms with Crippen LogP contribution in [0.2, 0.25) is 0 Å². The lowest BCUT2D eigenvalue weighted by Gasteiger charge is -2.36. The van der Waals surface area contributed by atoms with E-state index in [2.05, 4.69) is 158 Å². The van der Waals surface area contributed by atoms with E-state index in [4.69, 9.17) is 15.0 Å². The highest BCUT2D eigenvalue weighted by Gasteiger charge is 2.44. The molecule has 1 saturated carbocycles. The van der Waals surface area contributed by atoms with Gasteiger partial charge in [0.05, 0.1) is 11.6 Å². The predicted molar refractivity (Wildman–Crippen MR) is 252 cm³/mol. The summed E-state index contributed by atoms with van der Waals surface area (Å²) >= 11 is 0. The van der Waals surface area contributed by atoms with Gasteiger partial charge >= 0.3 is 0 Å². The van der Waals surface area contributed by atoms with Crippen molar-refractivity contribution >= 4 is 0 Å². The van der Waals surface area contributed by atoms with Gasteiger partial charge in [0.2, 0.25) is 0 Å².